The summed E-state index contributed by atoms with van der Waals surface area (Å²) in [6.45, 7) is 1.52. The van der Waals surface area contributed by atoms with Gasteiger partial charge < -0.3 is 11.5 Å². The van der Waals surface area contributed by atoms with Crippen LogP contribution in [-0.4, -0.2) is 15.8 Å². The Kier molecular flexibility index (Phi) is 4.52. The molecule has 0 saturated carbocycles. The summed E-state index contributed by atoms with van der Waals surface area (Å²) in [6.07, 6.45) is 2.50. The van der Waals surface area contributed by atoms with Crippen LogP contribution < -0.4 is 11.5 Å². The first-order chi connectivity index (χ1) is 10.0. The molecule has 5 heteroatoms. The molecule has 0 unspecified atom stereocenters. The Bertz CT molecular complexity index is 729. The normalized spacial score (nSPS) is 9.76. The number of nitrogen functional groups attached to an aromatic ring is 2. The van der Waals surface area contributed by atoms with Gasteiger partial charge in [0, 0.05) is 23.7 Å². The molecule has 0 bridgehead atoms. The number of aromatic nitrogens is 2. The number of Topliss-reactive ketones (excluding diaryl/α,β-unsaturated/α-hetero) is 1. The van der Waals surface area contributed by atoms with Gasteiger partial charge in [-0.05, 0) is 24.6 Å². The highest BCUT2D eigenvalue weighted by Crippen LogP contribution is 2.15. The van der Waals surface area contributed by atoms with Gasteiger partial charge in [0.25, 0.3) is 0 Å². The van der Waals surface area contributed by atoms with Crippen molar-refractivity contribution in [3.05, 3.63) is 47.2 Å². The van der Waals surface area contributed by atoms with Gasteiger partial charge in [0.05, 0.1) is 6.42 Å². The minimum Gasteiger partial charge on any atom is -0.383 e. The first-order valence-corrected chi connectivity index (χ1v) is 6.48. The van der Waals surface area contributed by atoms with Crippen molar-refractivity contribution in [2.24, 2.45) is 0 Å². The number of anilines is 2. The molecule has 2 aromatic rings. The third-order valence-electron chi connectivity index (χ3n) is 2.81. The van der Waals surface area contributed by atoms with Crippen molar-refractivity contribution >= 4 is 17.5 Å². The number of carbonyl (C=O) groups excluding carboxylic acids is 1. The zero-order chi connectivity index (χ0) is 15.2. The molecule has 1 aromatic heterocycles. The maximum atomic E-state index is 10.9. The third-order valence-corrected chi connectivity index (χ3v) is 2.81. The van der Waals surface area contributed by atoms with E-state index in [-0.39, 0.29) is 18.2 Å². The van der Waals surface area contributed by atoms with Crippen LogP contribution in [0.5, 0.6) is 0 Å². The first-order valence-electron chi connectivity index (χ1n) is 6.48. The lowest BCUT2D eigenvalue weighted by molar-refractivity contribution is -0.116. The minimum atomic E-state index is 0.0606. The molecule has 0 saturated heterocycles. The molecule has 0 radical (unpaired) electrons. The Hall–Kier alpha value is -2.87. The fraction of sp³-hybridized carbons (Fsp3) is 0.188. The standard InChI is InChI=1S/C16H16N4O/c1-11(21)4-2-5-12-6-3-7-13(8-12)9-14-10-19-16(18)20-15(14)17/h3,6-8,10H,4,9H2,1H3,(H4,17,18,19,20). The molecule has 5 nitrogen and oxygen atoms in total. The van der Waals surface area contributed by atoms with Gasteiger partial charge in [0.2, 0.25) is 5.95 Å². The van der Waals surface area contributed by atoms with Gasteiger partial charge >= 0.3 is 0 Å². The molecule has 1 heterocycles. The number of carbonyl (C=O) groups is 1. The molecular weight excluding hydrogens is 264 g/mol. The van der Waals surface area contributed by atoms with Crippen molar-refractivity contribution in [3.63, 3.8) is 0 Å². The highest BCUT2D eigenvalue weighted by molar-refractivity contribution is 5.78. The fourth-order valence-electron chi connectivity index (χ4n) is 1.82. The summed E-state index contributed by atoms with van der Waals surface area (Å²) in [5.41, 5.74) is 14.0. The van der Waals surface area contributed by atoms with Crippen LogP contribution >= 0.6 is 0 Å². The average Bonchev–Trinajstić information content (AvgIpc) is 2.42. The van der Waals surface area contributed by atoms with E-state index >= 15 is 0 Å². The van der Waals surface area contributed by atoms with Crippen LogP contribution in [0.3, 0.4) is 0 Å². The monoisotopic (exact) mass is 280 g/mol. The molecular formula is C16H16N4O. The van der Waals surface area contributed by atoms with Crippen LogP contribution in [0.25, 0.3) is 0 Å². The van der Waals surface area contributed by atoms with E-state index in [4.69, 9.17) is 11.5 Å². The molecule has 0 spiro atoms. The molecule has 106 valence electrons. The summed E-state index contributed by atoms with van der Waals surface area (Å²) in [4.78, 5) is 18.8. The molecule has 2 rings (SSSR count). The zero-order valence-electron chi connectivity index (χ0n) is 11.8. The number of benzene rings is 1. The topological polar surface area (TPSA) is 94.9 Å². The predicted octanol–water partition coefficient (Wildman–Crippen LogP) is 1.56. The summed E-state index contributed by atoms with van der Waals surface area (Å²) >= 11 is 0. The molecule has 0 atom stereocenters. The van der Waals surface area contributed by atoms with Crippen molar-refractivity contribution in [2.45, 2.75) is 19.8 Å². The predicted molar refractivity (Wildman–Crippen MR) is 82.3 cm³/mol. The Morgan fingerprint density at radius 3 is 2.86 bits per heavy atom. The van der Waals surface area contributed by atoms with Crippen molar-refractivity contribution < 1.29 is 4.79 Å². The molecule has 0 aliphatic carbocycles. The Balaban J connectivity index is 2.17. The molecule has 0 fully saturated rings. The Morgan fingerprint density at radius 2 is 2.14 bits per heavy atom. The minimum absolute atomic E-state index is 0.0606. The average molecular weight is 280 g/mol. The first kappa shape index (κ1) is 14.5. The van der Waals surface area contributed by atoms with Crippen LogP contribution in [-0.2, 0) is 11.2 Å². The molecule has 21 heavy (non-hydrogen) atoms. The maximum Gasteiger partial charge on any atom is 0.221 e. The third kappa shape index (κ3) is 4.32. The molecule has 0 amide bonds. The summed E-state index contributed by atoms with van der Waals surface area (Å²) < 4.78 is 0. The van der Waals surface area contributed by atoms with Crippen molar-refractivity contribution in [2.75, 3.05) is 11.5 Å². The van der Waals surface area contributed by atoms with Gasteiger partial charge in [-0.15, -0.1) is 0 Å². The van der Waals surface area contributed by atoms with Crippen LogP contribution in [0.1, 0.15) is 30.0 Å². The second-order valence-electron chi connectivity index (χ2n) is 4.70. The van der Waals surface area contributed by atoms with Crippen LogP contribution in [0.15, 0.2) is 30.5 Å². The largest absolute Gasteiger partial charge is 0.383 e. The summed E-state index contributed by atoms with van der Waals surface area (Å²) in [5, 5.41) is 0. The van der Waals surface area contributed by atoms with Gasteiger partial charge in [-0.25, -0.2) is 4.98 Å². The SMILES string of the molecule is CC(=O)CC#Cc1cccc(Cc2cnc(N)nc2N)c1. The summed E-state index contributed by atoms with van der Waals surface area (Å²) in [6, 6.07) is 7.76. The molecule has 4 N–H and O–H groups in total. The van der Waals surface area contributed by atoms with Gasteiger partial charge in [-0.1, -0.05) is 24.0 Å². The lowest BCUT2D eigenvalue weighted by Crippen LogP contribution is -2.04. The van der Waals surface area contributed by atoms with Crippen LogP contribution in [0, 0.1) is 11.8 Å². The lowest BCUT2D eigenvalue weighted by atomic mass is 10.0. The summed E-state index contributed by atoms with van der Waals surface area (Å²) in [5.74, 6) is 6.43. The van der Waals surface area contributed by atoms with Crippen LogP contribution in [0.4, 0.5) is 11.8 Å². The van der Waals surface area contributed by atoms with E-state index in [9.17, 15) is 4.79 Å². The van der Waals surface area contributed by atoms with Gasteiger partial charge in [0.15, 0.2) is 0 Å². The van der Waals surface area contributed by atoms with Crippen LogP contribution in [0.2, 0.25) is 0 Å². The maximum absolute atomic E-state index is 10.9. The highest BCUT2D eigenvalue weighted by atomic mass is 16.1. The number of nitrogens with zero attached hydrogens (tertiary/aromatic N) is 2. The van der Waals surface area contributed by atoms with E-state index in [1.165, 1.54) is 6.92 Å². The van der Waals surface area contributed by atoms with Crippen molar-refractivity contribution in [1.29, 1.82) is 0 Å². The fourth-order valence-corrected chi connectivity index (χ4v) is 1.82. The van der Waals surface area contributed by atoms with Gasteiger partial charge in [-0.2, -0.15) is 4.98 Å². The Labute approximate surface area is 123 Å². The molecule has 1 aromatic carbocycles. The number of rotatable bonds is 3. The highest BCUT2D eigenvalue weighted by Gasteiger charge is 2.04. The quantitative estimate of drug-likeness (QED) is 0.832. The van der Waals surface area contributed by atoms with Gasteiger partial charge in [0.1, 0.15) is 11.6 Å². The second kappa shape index (κ2) is 6.53. The molecule has 0 aliphatic rings. The van der Waals surface area contributed by atoms with E-state index in [1.807, 2.05) is 24.3 Å². The molecule has 0 aliphatic heterocycles. The number of nitrogens with two attached hydrogens (primary N) is 2. The van der Waals surface area contributed by atoms with E-state index in [0.717, 1.165) is 16.7 Å². The summed E-state index contributed by atoms with van der Waals surface area (Å²) in [7, 11) is 0. The van der Waals surface area contributed by atoms with E-state index in [1.54, 1.807) is 6.20 Å². The smallest absolute Gasteiger partial charge is 0.221 e. The number of hydrogen-bond donors (Lipinski definition) is 2. The van der Waals surface area contributed by atoms with E-state index in [2.05, 4.69) is 21.8 Å². The number of ketones is 1. The second-order valence-corrected chi connectivity index (χ2v) is 4.70. The van der Waals surface area contributed by atoms with E-state index in [0.29, 0.717) is 12.2 Å². The number of hydrogen-bond acceptors (Lipinski definition) is 5. The van der Waals surface area contributed by atoms with Crippen molar-refractivity contribution in [1.82, 2.24) is 9.97 Å². The van der Waals surface area contributed by atoms with Gasteiger partial charge in [-0.3, -0.25) is 4.79 Å². The van der Waals surface area contributed by atoms with E-state index < -0.39 is 0 Å². The van der Waals surface area contributed by atoms with Crippen molar-refractivity contribution in [3.8, 4) is 11.8 Å². The lowest BCUT2D eigenvalue weighted by Gasteiger charge is -2.05. The zero-order valence-corrected chi connectivity index (χ0v) is 11.8. The Morgan fingerprint density at radius 1 is 1.33 bits per heavy atom.